The van der Waals surface area contributed by atoms with Gasteiger partial charge in [0.15, 0.2) is 5.96 Å². The summed E-state index contributed by atoms with van der Waals surface area (Å²) in [6, 6.07) is 6.54. The van der Waals surface area contributed by atoms with Gasteiger partial charge in [-0.3, -0.25) is 9.79 Å². The minimum atomic E-state index is -0.0600. The summed E-state index contributed by atoms with van der Waals surface area (Å²) in [5, 5.41) is 10.4. The molecule has 156 valence electrons. The Morgan fingerprint density at radius 3 is 2.68 bits per heavy atom. The number of nitrogens with one attached hydrogen (secondary N) is 3. The Morgan fingerprint density at radius 1 is 1.32 bits per heavy atom. The molecule has 0 aliphatic carbocycles. The third-order valence-electron chi connectivity index (χ3n) is 5.10. The van der Waals surface area contributed by atoms with Crippen LogP contribution in [0.3, 0.4) is 0 Å². The first-order valence-corrected chi connectivity index (χ1v) is 10.6. The number of halogens is 1. The van der Waals surface area contributed by atoms with Crippen molar-refractivity contribution in [3.05, 3.63) is 28.8 Å². The summed E-state index contributed by atoms with van der Waals surface area (Å²) in [5.41, 5.74) is 1.63. The number of carbonyl (C=O) groups is 1. The van der Waals surface area contributed by atoms with Crippen LogP contribution in [0.5, 0.6) is 0 Å². The molecule has 1 heterocycles. The minimum absolute atomic E-state index is 0.0600. The van der Waals surface area contributed by atoms with Crippen molar-refractivity contribution >= 4 is 29.2 Å². The van der Waals surface area contributed by atoms with Crippen LogP contribution in [-0.2, 0) is 4.79 Å². The Morgan fingerprint density at radius 2 is 2.04 bits per heavy atom. The van der Waals surface area contributed by atoms with E-state index in [0.717, 1.165) is 49.7 Å². The quantitative estimate of drug-likeness (QED) is 0.478. The van der Waals surface area contributed by atoms with Crippen molar-refractivity contribution in [1.29, 1.82) is 0 Å². The number of amides is 1. The zero-order valence-electron chi connectivity index (χ0n) is 17.5. The summed E-state index contributed by atoms with van der Waals surface area (Å²) >= 11 is 6.10. The maximum absolute atomic E-state index is 12.2. The lowest BCUT2D eigenvalue weighted by Crippen LogP contribution is -2.49. The van der Waals surface area contributed by atoms with E-state index >= 15 is 0 Å². The molecule has 1 aliphatic rings. The third kappa shape index (κ3) is 6.99. The van der Waals surface area contributed by atoms with Gasteiger partial charge in [-0.05, 0) is 58.2 Å². The lowest BCUT2D eigenvalue weighted by Gasteiger charge is -2.35. The highest BCUT2D eigenvalue weighted by molar-refractivity contribution is 6.31. The molecule has 1 amide bonds. The first kappa shape index (κ1) is 22.5. The van der Waals surface area contributed by atoms with E-state index in [0.29, 0.717) is 30.1 Å². The maximum Gasteiger partial charge on any atom is 0.226 e. The van der Waals surface area contributed by atoms with Gasteiger partial charge in [-0.2, -0.15) is 0 Å². The fourth-order valence-electron chi connectivity index (χ4n) is 3.30. The number of piperidine rings is 1. The van der Waals surface area contributed by atoms with Crippen molar-refractivity contribution < 1.29 is 4.79 Å². The maximum atomic E-state index is 12.2. The van der Waals surface area contributed by atoms with E-state index < -0.39 is 0 Å². The average Bonchev–Trinajstić information content (AvgIpc) is 2.66. The predicted octanol–water partition coefficient (Wildman–Crippen LogP) is 3.40. The molecule has 0 spiro atoms. The molecule has 1 fully saturated rings. The lowest BCUT2D eigenvalue weighted by molar-refractivity contribution is -0.116. The number of aliphatic imine (C=N–C) groups is 1. The number of benzene rings is 1. The topological polar surface area (TPSA) is 68.8 Å². The van der Waals surface area contributed by atoms with Gasteiger partial charge in [0.05, 0.1) is 6.54 Å². The molecule has 0 saturated carbocycles. The normalized spacial score (nSPS) is 16.3. The summed E-state index contributed by atoms with van der Waals surface area (Å²) in [6.07, 6.45) is 2.54. The van der Waals surface area contributed by atoms with Gasteiger partial charge in [0.1, 0.15) is 0 Å². The van der Waals surface area contributed by atoms with Gasteiger partial charge in [-0.1, -0.05) is 17.7 Å². The number of rotatable bonds is 7. The Labute approximate surface area is 174 Å². The van der Waals surface area contributed by atoms with E-state index in [-0.39, 0.29) is 5.91 Å². The molecule has 1 aromatic rings. The number of hydrogen-bond donors (Lipinski definition) is 3. The zero-order chi connectivity index (χ0) is 20.5. The van der Waals surface area contributed by atoms with Crippen LogP contribution in [0.2, 0.25) is 5.02 Å². The summed E-state index contributed by atoms with van der Waals surface area (Å²) in [5.74, 6) is 0.729. The largest absolute Gasteiger partial charge is 0.357 e. The molecule has 0 bridgehead atoms. The molecule has 7 heteroatoms. The SMILES string of the molecule is CCNC(=NCCC(=O)Nc1cccc(Cl)c1C)NC1CCN(C(C)C)CC1. The van der Waals surface area contributed by atoms with Gasteiger partial charge in [-0.15, -0.1) is 0 Å². The molecular weight excluding hydrogens is 374 g/mol. The summed E-state index contributed by atoms with van der Waals surface area (Å²) in [4.78, 5) is 19.3. The van der Waals surface area contributed by atoms with E-state index in [1.54, 1.807) is 0 Å². The van der Waals surface area contributed by atoms with Crippen LogP contribution in [0.1, 0.15) is 45.6 Å². The van der Waals surface area contributed by atoms with Crippen LogP contribution < -0.4 is 16.0 Å². The molecule has 0 aromatic heterocycles. The van der Waals surface area contributed by atoms with Gasteiger partial charge in [0, 0.05) is 48.8 Å². The highest BCUT2D eigenvalue weighted by atomic mass is 35.5. The van der Waals surface area contributed by atoms with Crippen LogP contribution in [0, 0.1) is 6.92 Å². The number of carbonyl (C=O) groups excluding carboxylic acids is 1. The number of guanidine groups is 1. The third-order valence-corrected chi connectivity index (χ3v) is 5.50. The first-order chi connectivity index (χ1) is 13.4. The second-order valence-corrected chi connectivity index (χ2v) is 7.93. The molecule has 0 unspecified atom stereocenters. The second kappa shape index (κ2) is 11.3. The van der Waals surface area contributed by atoms with Gasteiger partial charge >= 0.3 is 0 Å². The van der Waals surface area contributed by atoms with E-state index in [9.17, 15) is 4.79 Å². The van der Waals surface area contributed by atoms with Crippen LogP contribution in [0.25, 0.3) is 0 Å². The summed E-state index contributed by atoms with van der Waals surface area (Å²) < 4.78 is 0. The number of nitrogens with zero attached hydrogens (tertiary/aromatic N) is 2. The highest BCUT2D eigenvalue weighted by Crippen LogP contribution is 2.22. The van der Waals surface area contributed by atoms with Gasteiger partial charge in [0.2, 0.25) is 5.91 Å². The van der Waals surface area contributed by atoms with Crippen molar-refractivity contribution in [2.45, 2.75) is 59.0 Å². The van der Waals surface area contributed by atoms with Gasteiger partial charge in [-0.25, -0.2) is 0 Å². The lowest BCUT2D eigenvalue weighted by atomic mass is 10.0. The van der Waals surface area contributed by atoms with Gasteiger partial charge < -0.3 is 20.9 Å². The van der Waals surface area contributed by atoms with Crippen molar-refractivity contribution in [2.75, 3.05) is 31.5 Å². The molecule has 6 nitrogen and oxygen atoms in total. The van der Waals surface area contributed by atoms with E-state index in [2.05, 4.69) is 39.7 Å². The first-order valence-electron chi connectivity index (χ1n) is 10.2. The molecule has 0 atom stereocenters. The second-order valence-electron chi connectivity index (χ2n) is 7.52. The Kier molecular flexibility index (Phi) is 9.06. The number of anilines is 1. The molecule has 2 rings (SSSR count). The fourth-order valence-corrected chi connectivity index (χ4v) is 3.47. The molecule has 3 N–H and O–H groups in total. The molecule has 28 heavy (non-hydrogen) atoms. The van der Waals surface area contributed by atoms with E-state index in [1.165, 1.54) is 0 Å². The van der Waals surface area contributed by atoms with Crippen LogP contribution >= 0.6 is 11.6 Å². The van der Waals surface area contributed by atoms with Crippen LogP contribution in [0.15, 0.2) is 23.2 Å². The highest BCUT2D eigenvalue weighted by Gasteiger charge is 2.21. The molecule has 1 aliphatic heterocycles. The molecule has 0 radical (unpaired) electrons. The number of hydrogen-bond acceptors (Lipinski definition) is 3. The fraction of sp³-hybridized carbons (Fsp3) is 0.619. The monoisotopic (exact) mass is 407 g/mol. The summed E-state index contributed by atoms with van der Waals surface area (Å²) in [7, 11) is 0. The Bertz CT molecular complexity index is 669. The molecular formula is C21H34ClN5O. The zero-order valence-corrected chi connectivity index (χ0v) is 18.3. The van der Waals surface area contributed by atoms with Crippen molar-refractivity contribution in [1.82, 2.24) is 15.5 Å². The Hall–Kier alpha value is -1.79. The number of likely N-dealkylation sites (tertiary alicyclic amines) is 1. The molecule has 1 aromatic carbocycles. The average molecular weight is 408 g/mol. The molecule has 1 saturated heterocycles. The standard InChI is InChI=1S/C21H34ClN5O/c1-5-23-21(25-17-10-13-27(14-11-17)15(2)3)24-12-9-20(28)26-19-8-6-7-18(22)16(19)4/h6-8,15,17H,5,9-14H2,1-4H3,(H,26,28)(H2,23,24,25). The minimum Gasteiger partial charge on any atom is -0.357 e. The van der Waals surface area contributed by atoms with E-state index in [1.807, 2.05) is 32.0 Å². The smallest absolute Gasteiger partial charge is 0.226 e. The van der Waals surface area contributed by atoms with Crippen molar-refractivity contribution in [3.63, 3.8) is 0 Å². The summed E-state index contributed by atoms with van der Waals surface area (Å²) in [6.45, 7) is 11.9. The Balaban J connectivity index is 1.82. The van der Waals surface area contributed by atoms with Crippen LogP contribution in [-0.4, -0.2) is 55.0 Å². The van der Waals surface area contributed by atoms with E-state index in [4.69, 9.17) is 11.6 Å². The van der Waals surface area contributed by atoms with Crippen LogP contribution in [0.4, 0.5) is 5.69 Å². The predicted molar refractivity (Wildman–Crippen MR) is 118 cm³/mol. The van der Waals surface area contributed by atoms with Crippen molar-refractivity contribution in [2.24, 2.45) is 4.99 Å². The van der Waals surface area contributed by atoms with Gasteiger partial charge in [0.25, 0.3) is 0 Å². The van der Waals surface area contributed by atoms with Crippen molar-refractivity contribution in [3.8, 4) is 0 Å².